The third-order valence-corrected chi connectivity index (χ3v) is 4.75. The molecule has 2 unspecified atom stereocenters. The maximum Gasteiger partial charge on any atom is 0.249 e. The van der Waals surface area contributed by atoms with Gasteiger partial charge < -0.3 is 16.0 Å². The van der Waals surface area contributed by atoms with Crippen LogP contribution >= 0.6 is 24.0 Å². The van der Waals surface area contributed by atoms with Gasteiger partial charge in [-0.3, -0.25) is 9.59 Å². The first-order valence-corrected chi connectivity index (χ1v) is 8.49. The molecule has 0 spiro atoms. The Bertz CT molecular complexity index is 779. The lowest BCUT2D eigenvalue weighted by molar-refractivity contribution is -0.130. The summed E-state index contributed by atoms with van der Waals surface area (Å²) in [7, 11) is 0. The lowest BCUT2D eigenvalue weighted by Crippen LogP contribution is -2.53. The Morgan fingerprint density at radius 1 is 1.19 bits per heavy atom. The highest BCUT2D eigenvalue weighted by Gasteiger charge is 2.38. The van der Waals surface area contributed by atoms with E-state index in [4.69, 9.17) is 17.3 Å². The van der Waals surface area contributed by atoms with Gasteiger partial charge in [-0.25, -0.2) is 0 Å². The fourth-order valence-corrected chi connectivity index (χ4v) is 3.04. The zero-order valence-electron chi connectivity index (χ0n) is 14.3. The minimum absolute atomic E-state index is 0. The Balaban J connectivity index is 0.00000243. The second-order valence-electron chi connectivity index (χ2n) is 6.35. The van der Waals surface area contributed by atoms with Crippen LogP contribution in [0.3, 0.4) is 0 Å². The average molecular weight is 394 g/mol. The molecule has 3 rings (SSSR count). The van der Waals surface area contributed by atoms with Crippen molar-refractivity contribution in [1.82, 2.24) is 5.32 Å². The monoisotopic (exact) mass is 393 g/mol. The van der Waals surface area contributed by atoms with E-state index in [1.807, 2.05) is 18.2 Å². The summed E-state index contributed by atoms with van der Waals surface area (Å²) in [5.41, 5.74) is 6.49. The van der Waals surface area contributed by atoms with Crippen LogP contribution in [0.2, 0.25) is 5.02 Å². The van der Waals surface area contributed by atoms with Gasteiger partial charge in [-0.1, -0.05) is 41.9 Å². The smallest absolute Gasteiger partial charge is 0.249 e. The van der Waals surface area contributed by atoms with E-state index in [0.29, 0.717) is 23.6 Å². The minimum Gasteiger partial charge on any atom is -0.342 e. The molecule has 138 valence electrons. The Morgan fingerprint density at radius 3 is 2.42 bits per heavy atom. The summed E-state index contributed by atoms with van der Waals surface area (Å²) in [6.45, 7) is 2.19. The quantitative estimate of drug-likeness (QED) is 0.838. The molecule has 0 aliphatic carbocycles. The number of rotatable bonds is 4. The number of benzene rings is 2. The van der Waals surface area contributed by atoms with E-state index in [1.165, 1.54) is 0 Å². The normalized spacial score (nSPS) is 18.8. The molecule has 1 aliphatic heterocycles. The molecule has 2 atom stereocenters. The van der Waals surface area contributed by atoms with E-state index >= 15 is 0 Å². The molecule has 0 radical (unpaired) electrons. The molecule has 1 fully saturated rings. The lowest BCUT2D eigenvalue weighted by Gasteiger charge is -2.26. The van der Waals surface area contributed by atoms with Crippen molar-refractivity contribution >= 4 is 41.5 Å². The molecule has 0 bridgehead atoms. The van der Waals surface area contributed by atoms with Crippen molar-refractivity contribution in [1.29, 1.82) is 0 Å². The van der Waals surface area contributed by atoms with Gasteiger partial charge in [0.15, 0.2) is 0 Å². The molecule has 2 amide bonds. The summed E-state index contributed by atoms with van der Waals surface area (Å²) in [6, 6.07) is 15.6. The number of anilines is 1. The van der Waals surface area contributed by atoms with E-state index in [1.54, 1.807) is 48.2 Å². The standard InChI is InChI=1S/C19H20ClN3O2.ClH/c1-19(21,13-5-3-2-4-6-13)18(25)22-16-11-12-23(17(16)24)15-9-7-14(20)8-10-15;/h2-10,16H,11-12,21H2,1H3,(H,22,25);1H. The number of nitrogens with one attached hydrogen (secondary N) is 1. The number of halogens is 2. The van der Waals surface area contributed by atoms with Gasteiger partial charge in [-0.05, 0) is 43.2 Å². The number of hydrogen-bond donors (Lipinski definition) is 2. The van der Waals surface area contributed by atoms with Crippen molar-refractivity contribution < 1.29 is 9.59 Å². The Labute approximate surface area is 163 Å². The summed E-state index contributed by atoms with van der Waals surface area (Å²) in [4.78, 5) is 26.9. The molecule has 26 heavy (non-hydrogen) atoms. The Hall–Kier alpha value is -2.08. The molecule has 2 aromatic rings. The van der Waals surface area contributed by atoms with Gasteiger partial charge in [0.25, 0.3) is 0 Å². The predicted octanol–water partition coefficient (Wildman–Crippen LogP) is 2.86. The molecule has 0 aromatic heterocycles. The van der Waals surface area contributed by atoms with E-state index in [-0.39, 0.29) is 24.2 Å². The zero-order valence-corrected chi connectivity index (χ0v) is 15.9. The van der Waals surface area contributed by atoms with Crippen LogP contribution in [-0.4, -0.2) is 24.4 Å². The van der Waals surface area contributed by atoms with Crippen LogP contribution in [-0.2, 0) is 15.1 Å². The van der Waals surface area contributed by atoms with Crippen molar-refractivity contribution in [3.8, 4) is 0 Å². The van der Waals surface area contributed by atoms with Crippen LogP contribution in [0.1, 0.15) is 18.9 Å². The molecule has 1 heterocycles. The van der Waals surface area contributed by atoms with Crippen LogP contribution < -0.4 is 16.0 Å². The van der Waals surface area contributed by atoms with Crippen molar-refractivity contribution in [3.05, 3.63) is 65.2 Å². The molecule has 5 nitrogen and oxygen atoms in total. The Kier molecular flexibility index (Phi) is 6.29. The molecule has 0 saturated carbocycles. The van der Waals surface area contributed by atoms with E-state index in [0.717, 1.165) is 5.69 Å². The average Bonchev–Trinajstić information content (AvgIpc) is 2.97. The second-order valence-corrected chi connectivity index (χ2v) is 6.79. The highest BCUT2D eigenvalue weighted by atomic mass is 35.5. The van der Waals surface area contributed by atoms with E-state index < -0.39 is 11.6 Å². The number of amides is 2. The number of carbonyl (C=O) groups is 2. The molecular formula is C19H21Cl2N3O2. The molecule has 2 aromatic carbocycles. The van der Waals surface area contributed by atoms with Crippen molar-refractivity contribution in [2.75, 3.05) is 11.4 Å². The maximum atomic E-state index is 12.6. The predicted molar refractivity (Wildman–Crippen MR) is 106 cm³/mol. The second kappa shape index (κ2) is 8.08. The van der Waals surface area contributed by atoms with Gasteiger partial charge in [-0.15, -0.1) is 12.4 Å². The zero-order chi connectivity index (χ0) is 18.0. The van der Waals surface area contributed by atoms with Crippen LogP contribution in [0.15, 0.2) is 54.6 Å². The fourth-order valence-electron chi connectivity index (χ4n) is 2.91. The van der Waals surface area contributed by atoms with E-state index in [9.17, 15) is 9.59 Å². The van der Waals surface area contributed by atoms with Crippen LogP contribution in [0.5, 0.6) is 0 Å². The van der Waals surface area contributed by atoms with Gasteiger partial charge in [0.2, 0.25) is 11.8 Å². The molecule has 1 saturated heterocycles. The number of nitrogens with two attached hydrogens (primary N) is 1. The van der Waals surface area contributed by atoms with Crippen molar-refractivity contribution in [2.45, 2.75) is 24.9 Å². The third kappa shape index (κ3) is 4.01. The highest BCUT2D eigenvalue weighted by molar-refractivity contribution is 6.30. The first kappa shape index (κ1) is 20.2. The fraction of sp³-hybridized carbons (Fsp3) is 0.263. The van der Waals surface area contributed by atoms with Gasteiger partial charge in [0, 0.05) is 17.3 Å². The summed E-state index contributed by atoms with van der Waals surface area (Å²) >= 11 is 5.89. The summed E-state index contributed by atoms with van der Waals surface area (Å²) < 4.78 is 0. The summed E-state index contributed by atoms with van der Waals surface area (Å²) in [6.07, 6.45) is 0.540. The SMILES string of the molecule is CC(N)(C(=O)NC1CCN(c2ccc(Cl)cc2)C1=O)c1ccccc1.Cl. The molecular weight excluding hydrogens is 373 g/mol. The van der Waals surface area contributed by atoms with Crippen LogP contribution in [0.4, 0.5) is 5.69 Å². The largest absolute Gasteiger partial charge is 0.342 e. The van der Waals surface area contributed by atoms with Crippen molar-refractivity contribution in [3.63, 3.8) is 0 Å². The maximum absolute atomic E-state index is 12.6. The topological polar surface area (TPSA) is 75.4 Å². The first-order valence-electron chi connectivity index (χ1n) is 8.12. The minimum atomic E-state index is -1.20. The summed E-state index contributed by atoms with van der Waals surface area (Å²) in [5, 5.41) is 3.41. The molecule has 3 N–H and O–H groups in total. The lowest BCUT2D eigenvalue weighted by atomic mass is 9.92. The summed E-state index contributed by atoms with van der Waals surface area (Å²) in [5.74, 6) is -0.505. The molecule has 1 aliphatic rings. The Morgan fingerprint density at radius 2 is 1.81 bits per heavy atom. The van der Waals surface area contributed by atoms with Crippen LogP contribution in [0.25, 0.3) is 0 Å². The first-order chi connectivity index (χ1) is 11.9. The number of carbonyl (C=O) groups excluding carboxylic acids is 2. The number of nitrogens with zero attached hydrogens (tertiary/aromatic N) is 1. The van der Waals surface area contributed by atoms with Gasteiger partial charge in [0.05, 0.1) is 0 Å². The van der Waals surface area contributed by atoms with Gasteiger partial charge in [0.1, 0.15) is 11.6 Å². The van der Waals surface area contributed by atoms with Gasteiger partial charge in [-0.2, -0.15) is 0 Å². The molecule has 7 heteroatoms. The van der Waals surface area contributed by atoms with Crippen molar-refractivity contribution in [2.24, 2.45) is 5.73 Å². The number of hydrogen-bond acceptors (Lipinski definition) is 3. The van der Waals surface area contributed by atoms with E-state index in [2.05, 4.69) is 5.32 Å². The third-order valence-electron chi connectivity index (χ3n) is 4.49. The van der Waals surface area contributed by atoms with Crippen LogP contribution in [0, 0.1) is 0 Å². The van der Waals surface area contributed by atoms with Gasteiger partial charge >= 0.3 is 0 Å². The highest BCUT2D eigenvalue weighted by Crippen LogP contribution is 2.24.